The number of carbonyl (C=O) groups is 1. The number of hydrogen-bond donors (Lipinski definition) is 1. The van der Waals surface area contributed by atoms with Crippen LogP contribution in [0.4, 0.5) is 0 Å². The van der Waals surface area contributed by atoms with Crippen LogP contribution in [0, 0.1) is 13.8 Å². The highest BCUT2D eigenvalue weighted by molar-refractivity contribution is 8.01. The third-order valence-corrected chi connectivity index (χ3v) is 6.31. The van der Waals surface area contributed by atoms with Crippen LogP contribution in [0.25, 0.3) is 10.2 Å². The van der Waals surface area contributed by atoms with Crippen molar-refractivity contribution in [3.05, 3.63) is 27.8 Å². The molecule has 3 aromatic rings. The van der Waals surface area contributed by atoms with Crippen molar-refractivity contribution in [2.24, 2.45) is 0 Å². The van der Waals surface area contributed by atoms with Gasteiger partial charge in [0, 0.05) is 4.88 Å². The molecule has 0 aliphatic carbocycles. The van der Waals surface area contributed by atoms with Gasteiger partial charge in [0.05, 0.1) is 22.3 Å². The first-order valence-corrected chi connectivity index (χ1v) is 8.60. The van der Waals surface area contributed by atoms with Crippen molar-refractivity contribution in [3.63, 3.8) is 0 Å². The number of thiophene rings is 1. The summed E-state index contributed by atoms with van der Waals surface area (Å²) in [6.45, 7) is 3.86. The van der Waals surface area contributed by atoms with E-state index in [-0.39, 0.29) is 6.42 Å². The summed E-state index contributed by atoms with van der Waals surface area (Å²) in [5, 5.41) is 11.8. The number of nitrogens with zero attached hydrogens (tertiary/aromatic N) is 3. The molecule has 21 heavy (non-hydrogen) atoms. The smallest absolute Gasteiger partial charge is 0.308 e. The number of aliphatic carboxylic acids is 1. The van der Waals surface area contributed by atoms with Crippen LogP contribution in [0.15, 0.2) is 21.1 Å². The molecule has 1 N–H and O–H groups in total. The van der Waals surface area contributed by atoms with E-state index < -0.39 is 5.97 Å². The standard InChI is InChI=1S/C13H11N3O2S3/c1-6-4-19-11-10(6)14-5-15-12(11)21-13-16-7(2)8(20-13)3-9(17)18/h4-5H,3H2,1-2H3,(H,17,18). The Balaban J connectivity index is 1.94. The van der Waals surface area contributed by atoms with Crippen LogP contribution in [0.5, 0.6) is 0 Å². The van der Waals surface area contributed by atoms with Gasteiger partial charge in [-0.15, -0.1) is 22.7 Å². The summed E-state index contributed by atoms with van der Waals surface area (Å²) in [7, 11) is 0. The Bertz CT molecular complexity index is 825. The minimum Gasteiger partial charge on any atom is -0.481 e. The molecule has 0 aliphatic rings. The maximum atomic E-state index is 10.8. The van der Waals surface area contributed by atoms with Crippen LogP contribution in [-0.2, 0) is 11.2 Å². The molecule has 0 amide bonds. The molecule has 0 radical (unpaired) electrons. The third kappa shape index (κ3) is 2.92. The van der Waals surface area contributed by atoms with Gasteiger partial charge in [-0.2, -0.15) is 0 Å². The second-order valence-electron chi connectivity index (χ2n) is 4.44. The lowest BCUT2D eigenvalue weighted by Crippen LogP contribution is -1.99. The molecule has 0 saturated heterocycles. The molecule has 0 bridgehead atoms. The summed E-state index contributed by atoms with van der Waals surface area (Å²) in [4.78, 5) is 24.7. The van der Waals surface area contributed by atoms with E-state index in [1.165, 1.54) is 23.1 Å². The van der Waals surface area contributed by atoms with Crippen molar-refractivity contribution in [1.29, 1.82) is 0 Å². The zero-order valence-electron chi connectivity index (χ0n) is 11.3. The molecule has 3 aromatic heterocycles. The van der Waals surface area contributed by atoms with Gasteiger partial charge in [-0.3, -0.25) is 4.79 Å². The molecule has 3 rings (SSSR count). The van der Waals surface area contributed by atoms with E-state index in [0.29, 0.717) is 0 Å². The number of aromatic nitrogens is 3. The van der Waals surface area contributed by atoms with Gasteiger partial charge in [0.15, 0.2) is 4.34 Å². The van der Waals surface area contributed by atoms with E-state index in [2.05, 4.69) is 20.3 Å². The van der Waals surface area contributed by atoms with Crippen molar-refractivity contribution in [2.75, 3.05) is 0 Å². The van der Waals surface area contributed by atoms with E-state index in [1.807, 2.05) is 13.8 Å². The molecule has 0 saturated carbocycles. The quantitative estimate of drug-likeness (QED) is 0.734. The van der Waals surface area contributed by atoms with Crippen molar-refractivity contribution >= 4 is 50.6 Å². The number of thiazole rings is 1. The molecule has 0 aliphatic heterocycles. The molecular weight excluding hydrogens is 326 g/mol. The Morgan fingerprint density at radius 3 is 2.95 bits per heavy atom. The van der Waals surface area contributed by atoms with E-state index in [9.17, 15) is 4.79 Å². The molecule has 0 atom stereocenters. The lowest BCUT2D eigenvalue weighted by molar-refractivity contribution is -0.136. The predicted octanol–water partition coefficient (Wildman–Crippen LogP) is 3.54. The van der Waals surface area contributed by atoms with Crippen LogP contribution < -0.4 is 0 Å². The lowest BCUT2D eigenvalue weighted by atomic mass is 10.3. The summed E-state index contributed by atoms with van der Waals surface area (Å²) in [6, 6.07) is 0. The Kier molecular flexibility index (Phi) is 3.92. The predicted molar refractivity (Wildman–Crippen MR) is 84.5 cm³/mol. The fraction of sp³-hybridized carbons (Fsp3) is 0.231. The number of fused-ring (bicyclic) bond motifs is 1. The summed E-state index contributed by atoms with van der Waals surface area (Å²) in [6.07, 6.45) is 1.57. The Hall–Kier alpha value is -1.51. The first-order valence-electron chi connectivity index (χ1n) is 6.09. The minimum atomic E-state index is -0.836. The van der Waals surface area contributed by atoms with Crippen LogP contribution in [-0.4, -0.2) is 26.0 Å². The van der Waals surface area contributed by atoms with Gasteiger partial charge < -0.3 is 5.11 Å². The second-order valence-corrected chi connectivity index (χ2v) is 7.64. The third-order valence-electron chi connectivity index (χ3n) is 2.87. The number of rotatable bonds is 4. The second kappa shape index (κ2) is 5.70. The molecule has 5 nitrogen and oxygen atoms in total. The molecule has 0 fully saturated rings. The average Bonchev–Trinajstić information content (AvgIpc) is 2.95. The highest BCUT2D eigenvalue weighted by atomic mass is 32.2. The topological polar surface area (TPSA) is 76.0 Å². The molecule has 8 heteroatoms. The van der Waals surface area contributed by atoms with E-state index in [1.54, 1.807) is 17.7 Å². The van der Waals surface area contributed by atoms with Crippen molar-refractivity contribution < 1.29 is 9.90 Å². The fourth-order valence-corrected chi connectivity index (χ4v) is 5.13. The van der Waals surface area contributed by atoms with Crippen molar-refractivity contribution in [1.82, 2.24) is 15.0 Å². The van der Waals surface area contributed by atoms with Gasteiger partial charge in [-0.05, 0) is 36.6 Å². The van der Waals surface area contributed by atoms with Gasteiger partial charge in [-0.25, -0.2) is 15.0 Å². The van der Waals surface area contributed by atoms with E-state index >= 15 is 0 Å². The molecule has 0 aromatic carbocycles. The summed E-state index contributed by atoms with van der Waals surface area (Å²) in [5.74, 6) is -0.836. The maximum absolute atomic E-state index is 10.8. The van der Waals surface area contributed by atoms with Crippen molar-refractivity contribution in [3.8, 4) is 0 Å². The van der Waals surface area contributed by atoms with E-state index in [0.717, 1.165) is 35.7 Å². The number of aryl methyl sites for hydroxylation is 2. The molecule has 0 spiro atoms. The Morgan fingerprint density at radius 2 is 2.19 bits per heavy atom. The molecule has 0 unspecified atom stereocenters. The Labute approximate surface area is 133 Å². The number of hydrogen-bond acceptors (Lipinski definition) is 7. The first-order chi connectivity index (χ1) is 10.0. The molecule has 108 valence electrons. The number of carboxylic acids is 1. The Morgan fingerprint density at radius 1 is 1.38 bits per heavy atom. The summed E-state index contributed by atoms with van der Waals surface area (Å²) >= 11 is 4.50. The SMILES string of the molecule is Cc1nc(Sc2ncnc3c(C)csc23)sc1CC(=O)O. The highest BCUT2D eigenvalue weighted by Gasteiger charge is 2.15. The summed E-state index contributed by atoms with van der Waals surface area (Å²) in [5.41, 5.74) is 2.88. The monoisotopic (exact) mass is 337 g/mol. The van der Waals surface area contributed by atoms with Gasteiger partial charge in [0.1, 0.15) is 11.4 Å². The van der Waals surface area contributed by atoms with Gasteiger partial charge >= 0.3 is 5.97 Å². The summed E-state index contributed by atoms with van der Waals surface area (Å²) < 4.78 is 1.86. The van der Waals surface area contributed by atoms with Crippen LogP contribution in [0.2, 0.25) is 0 Å². The van der Waals surface area contributed by atoms with Gasteiger partial charge in [-0.1, -0.05) is 0 Å². The number of carboxylic acid groups (broad SMARTS) is 1. The minimum absolute atomic E-state index is 0.0152. The zero-order chi connectivity index (χ0) is 15.0. The van der Waals surface area contributed by atoms with Crippen LogP contribution >= 0.6 is 34.4 Å². The van der Waals surface area contributed by atoms with Gasteiger partial charge in [0.25, 0.3) is 0 Å². The fourth-order valence-electron chi connectivity index (χ4n) is 1.85. The largest absolute Gasteiger partial charge is 0.481 e. The normalized spacial score (nSPS) is 11.1. The zero-order valence-corrected chi connectivity index (χ0v) is 13.7. The first kappa shape index (κ1) is 14.4. The van der Waals surface area contributed by atoms with Crippen molar-refractivity contribution in [2.45, 2.75) is 29.6 Å². The van der Waals surface area contributed by atoms with Gasteiger partial charge in [0.2, 0.25) is 0 Å². The highest BCUT2D eigenvalue weighted by Crippen LogP contribution is 2.37. The average molecular weight is 337 g/mol. The van der Waals surface area contributed by atoms with Crippen LogP contribution in [0.1, 0.15) is 16.1 Å². The molecule has 3 heterocycles. The lowest BCUT2D eigenvalue weighted by Gasteiger charge is -1.98. The van der Waals surface area contributed by atoms with E-state index in [4.69, 9.17) is 5.11 Å². The van der Waals surface area contributed by atoms with Crippen LogP contribution in [0.3, 0.4) is 0 Å². The maximum Gasteiger partial charge on any atom is 0.308 e. The molecular formula is C13H11N3O2S3.